The Labute approximate surface area is 157 Å². The van der Waals surface area contributed by atoms with Gasteiger partial charge < -0.3 is 20.4 Å². The molecule has 0 saturated heterocycles. The van der Waals surface area contributed by atoms with E-state index < -0.39 is 24.0 Å². The maximum absolute atomic E-state index is 12.4. The van der Waals surface area contributed by atoms with E-state index in [1.807, 2.05) is 54.8 Å². The van der Waals surface area contributed by atoms with E-state index in [-0.39, 0.29) is 6.04 Å². The molecule has 3 atom stereocenters. The highest BCUT2D eigenvalue weighted by molar-refractivity contribution is 7.09. The Bertz CT molecular complexity index is 706. The van der Waals surface area contributed by atoms with Gasteiger partial charge in [0.1, 0.15) is 0 Å². The predicted octanol–water partition coefficient (Wildman–Crippen LogP) is 1.35. The number of thiophene rings is 1. The van der Waals surface area contributed by atoms with E-state index in [4.69, 9.17) is 0 Å². The van der Waals surface area contributed by atoms with Gasteiger partial charge in [-0.15, -0.1) is 11.3 Å². The molecule has 1 aromatic carbocycles. The summed E-state index contributed by atoms with van der Waals surface area (Å²) in [6.45, 7) is 2.14. The second-order valence-corrected chi connectivity index (χ2v) is 7.08. The van der Waals surface area contributed by atoms with Crippen LogP contribution in [0, 0.1) is 0 Å². The molecule has 2 amide bonds. The molecule has 1 aromatic heterocycles. The largest absolute Gasteiger partial charge is 0.380 e. The third kappa shape index (κ3) is 5.14. The van der Waals surface area contributed by atoms with E-state index in [0.29, 0.717) is 13.0 Å². The Morgan fingerprint density at radius 2 is 1.81 bits per heavy atom. The summed E-state index contributed by atoms with van der Waals surface area (Å²) in [7, 11) is 1.53. The number of carbonyl (C=O) groups is 2. The lowest BCUT2D eigenvalue weighted by Crippen LogP contribution is -2.50. The van der Waals surface area contributed by atoms with Gasteiger partial charge >= 0.3 is 0 Å². The zero-order valence-electron chi connectivity index (χ0n) is 14.8. The number of amides is 2. The topological polar surface area (TPSA) is 89.9 Å². The third-order valence-corrected chi connectivity index (χ3v) is 5.22. The van der Waals surface area contributed by atoms with Crippen molar-refractivity contribution in [1.82, 2.24) is 10.2 Å². The maximum Gasteiger partial charge on any atom is 0.254 e. The van der Waals surface area contributed by atoms with Crippen molar-refractivity contribution in [3.63, 3.8) is 0 Å². The summed E-state index contributed by atoms with van der Waals surface area (Å²) in [6.07, 6.45) is -2.99. The van der Waals surface area contributed by atoms with Crippen LogP contribution in [0.3, 0.4) is 0 Å². The first-order chi connectivity index (χ1) is 12.4. The SMILES string of the molecule is C[C@H](c1ccccc1)N(C)C(=O)[C@H](O)[C@@H](O)C(=O)NCCc1cccs1. The number of likely N-dealkylation sites (N-methyl/N-ethyl adjacent to an activating group) is 1. The van der Waals surface area contributed by atoms with Crippen molar-refractivity contribution in [3.8, 4) is 0 Å². The Morgan fingerprint density at radius 1 is 1.12 bits per heavy atom. The summed E-state index contributed by atoms with van der Waals surface area (Å²) in [5.41, 5.74) is 0.894. The lowest BCUT2D eigenvalue weighted by molar-refractivity contribution is -0.153. The Kier molecular flexibility index (Phi) is 7.32. The highest BCUT2D eigenvalue weighted by Crippen LogP contribution is 2.19. The van der Waals surface area contributed by atoms with Gasteiger partial charge in [-0.3, -0.25) is 9.59 Å². The van der Waals surface area contributed by atoms with Gasteiger partial charge in [0.2, 0.25) is 0 Å². The van der Waals surface area contributed by atoms with Crippen LogP contribution in [0.1, 0.15) is 23.4 Å². The molecule has 0 fully saturated rings. The van der Waals surface area contributed by atoms with Crippen LogP contribution in [0.25, 0.3) is 0 Å². The number of aliphatic hydroxyl groups is 2. The number of nitrogens with zero attached hydrogens (tertiary/aromatic N) is 1. The summed E-state index contributed by atoms with van der Waals surface area (Å²) in [5.74, 6) is -1.47. The molecule has 0 radical (unpaired) electrons. The Morgan fingerprint density at radius 3 is 2.42 bits per heavy atom. The van der Waals surface area contributed by atoms with Crippen LogP contribution in [0.5, 0.6) is 0 Å². The van der Waals surface area contributed by atoms with Gasteiger partial charge in [0.05, 0.1) is 6.04 Å². The summed E-state index contributed by atoms with van der Waals surface area (Å²) in [5, 5.41) is 24.6. The zero-order chi connectivity index (χ0) is 19.1. The molecule has 0 unspecified atom stereocenters. The van der Waals surface area contributed by atoms with Crippen LogP contribution >= 0.6 is 11.3 Å². The number of aliphatic hydroxyl groups excluding tert-OH is 2. The van der Waals surface area contributed by atoms with E-state index in [9.17, 15) is 19.8 Å². The van der Waals surface area contributed by atoms with Gasteiger partial charge in [0.15, 0.2) is 12.2 Å². The van der Waals surface area contributed by atoms with Gasteiger partial charge in [-0.05, 0) is 30.4 Å². The molecular weight excluding hydrogens is 352 g/mol. The molecule has 3 N–H and O–H groups in total. The standard InChI is InChI=1S/C19H24N2O4S/c1-13(14-7-4-3-5-8-14)21(2)19(25)17(23)16(22)18(24)20-11-10-15-9-6-12-26-15/h3-9,12-13,16-17,22-23H,10-11H2,1-2H3,(H,20,24)/t13-,16-,17-/m1/s1. The van der Waals surface area contributed by atoms with Crippen molar-refractivity contribution in [2.45, 2.75) is 31.6 Å². The first-order valence-corrected chi connectivity index (χ1v) is 9.27. The number of benzene rings is 1. The highest BCUT2D eigenvalue weighted by Gasteiger charge is 2.33. The predicted molar refractivity (Wildman–Crippen MR) is 101 cm³/mol. The van der Waals surface area contributed by atoms with Crippen LogP contribution in [0.15, 0.2) is 47.8 Å². The molecule has 7 heteroatoms. The van der Waals surface area contributed by atoms with Crippen LogP contribution < -0.4 is 5.32 Å². The summed E-state index contributed by atoms with van der Waals surface area (Å²) in [6, 6.07) is 12.9. The molecule has 1 heterocycles. The van der Waals surface area contributed by atoms with Gasteiger partial charge in [-0.2, -0.15) is 0 Å². The Balaban J connectivity index is 1.87. The van der Waals surface area contributed by atoms with Crippen molar-refractivity contribution in [1.29, 1.82) is 0 Å². The molecule has 0 spiro atoms. The first kappa shape index (κ1) is 20.1. The molecule has 26 heavy (non-hydrogen) atoms. The zero-order valence-corrected chi connectivity index (χ0v) is 15.6. The van der Waals surface area contributed by atoms with Crippen molar-refractivity contribution in [2.75, 3.05) is 13.6 Å². The van der Waals surface area contributed by atoms with Crippen molar-refractivity contribution >= 4 is 23.2 Å². The van der Waals surface area contributed by atoms with Crippen LogP contribution in [0.4, 0.5) is 0 Å². The number of carbonyl (C=O) groups excluding carboxylic acids is 2. The number of hydrogen-bond acceptors (Lipinski definition) is 5. The quantitative estimate of drug-likeness (QED) is 0.649. The fourth-order valence-corrected chi connectivity index (χ4v) is 3.21. The molecule has 140 valence electrons. The van der Waals surface area contributed by atoms with Crippen molar-refractivity contribution in [2.24, 2.45) is 0 Å². The average molecular weight is 376 g/mol. The van der Waals surface area contributed by atoms with E-state index >= 15 is 0 Å². The van der Waals surface area contributed by atoms with Gasteiger partial charge in [0.25, 0.3) is 11.8 Å². The smallest absolute Gasteiger partial charge is 0.254 e. The lowest BCUT2D eigenvalue weighted by atomic mass is 10.1. The number of rotatable bonds is 8. The molecule has 2 rings (SSSR count). The van der Waals surface area contributed by atoms with Crippen LogP contribution in [-0.4, -0.2) is 52.7 Å². The fraction of sp³-hybridized carbons (Fsp3) is 0.368. The molecule has 2 aromatic rings. The summed E-state index contributed by atoms with van der Waals surface area (Å²) >= 11 is 1.58. The van der Waals surface area contributed by atoms with E-state index in [1.54, 1.807) is 11.3 Å². The average Bonchev–Trinajstić information content (AvgIpc) is 3.19. The molecule has 0 bridgehead atoms. The number of hydrogen-bond donors (Lipinski definition) is 3. The van der Waals surface area contributed by atoms with Crippen LogP contribution in [-0.2, 0) is 16.0 Å². The molecule has 0 saturated carbocycles. The summed E-state index contributed by atoms with van der Waals surface area (Å²) < 4.78 is 0. The van der Waals surface area contributed by atoms with Crippen molar-refractivity contribution < 1.29 is 19.8 Å². The number of nitrogens with one attached hydrogen (secondary N) is 1. The maximum atomic E-state index is 12.4. The minimum Gasteiger partial charge on any atom is -0.380 e. The molecular formula is C19H24N2O4S. The molecule has 0 aliphatic rings. The van der Waals surface area contributed by atoms with Crippen LogP contribution in [0.2, 0.25) is 0 Å². The fourth-order valence-electron chi connectivity index (χ4n) is 2.50. The lowest BCUT2D eigenvalue weighted by Gasteiger charge is -2.28. The van der Waals surface area contributed by atoms with E-state index in [2.05, 4.69) is 5.32 Å². The second kappa shape index (κ2) is 9.47. The first-order valence-electron chi connectivity index (χ1n) is 8.39. The second-order valence-electron chi connectivity index (χ2n) is 6.05. The van der Waals surface area contributed by atoms with E-state index in [1.165, 1.54) is 11.9 Å². The normalized spacial score (nSPS) is 14.3. The Hall–Kier alpha value is -2.22. The monoisotopic (exact) mass is 376 g/mol. The van der Waals surface area contributed by atoms with Gasteiger partial charge in [-0.1, -0.05) is 36.4 Å². The molecule has 6 nitrogen and oxygen atoms in total. The minimum absolute atomic E-state index is 0.299. The van der Waals surface area contributed by atoms with E-state index in [0.717, 1.165) is 10.4 Å². The van der Waals surface area contributed by atoms with Gasteiger partial charge in [-0.25, -0.2) is 0 Å². The molecule has 0 aliphatic carbocycles. The third-order valence-electron chi connectivity index (χ3n) is 4.28. The highest BCUT2D eigenvalue weighted by atomic mass is 32.1. The van der Waals surface area contributed by atoms with Crippen molar-refractivity contribution in [3.05, 3.63) is 58.3 Å². The minimum atomic E-state index is -1.81. The van der Waals surface area contributed by atoms with Gasteiger partial charge in [0, 0.05) is 18.5 Å². The molecule has 0 aliphatic heterocycles. The summed E-state index contributed by atoms with van der Waals surface area (Å²) in [4.78, 5) is 26.8.